The molecule has 1 amide bonds. The minimum atomic E-state index is -0.884. The third-order valence-electron chi connectivity index (χ3n) is 5.44. The van der Waals surface area contributed by atoms with Crippen LogP contribution in [0.25, 0.3) is 0 Å². The lowest BCUT2D eigenvalue weighted by atomic mass is 9.87. The highest BCUT2D eigenvalue weighted by Gasteiger charge is 2.37. The Kier molecular flexibility index (Phi) is 7.11. The molecule has 2 unspecified atom stereocenters. The Labute approximate surface area is 205 Å². The number of carbonyl (C=O) groups excluding carboxylic acids is 1. The fourth-order valence-corrected chi connectivity index (χ4v) is 4.63. The molecule has 3 aromatic carbocycles. The fraction of sp³-hybridized carbons (Fsp3) is 0.160. The second kappa shape index (κ2) is 10.4. The van der Waals surface area contributed by atoms with Crippen molar-refractivity contribution in [3.63, 3.8) is 0 Å². The molecule has 0 spiro atoms. The van der Waals surface area contributed by atoms with Gasteiger partial charge < -0.3 is 15.5 Å². The summed E-state index contributed by atoms with van der Waals surface area (Å²) < 4.78 is 0. The first kappa shape index (κ1) is 24.0. The van der Waals surface area contributed by atoms with Gasteiger partial charge in [0, 0.05) is 40.9 Å². The number of nitrogens with zero attached hydrogens (tertiary/aromatic N) is 3. The van der Waals surface area contributed by atoms with Gasteiger partial charge in [0.2, 0.25) is 5.91 Å². The molecule has 0 saturated carbocycles. The highest BCUT2D eigenvalue weighted by atomic mass is 32.2. The number of thioether (sulfide) groups is 1. The molecule has 4 rings (SSSR count). The number of anilines is 1. The summed E-state index contributed by atoms with van der Waals surface area (Å²) in [5.41, 5.74) is 2.04. The average Bonchev–Trinajstić information content (AvgIpc) is 2.83. The molecular weight excluding hydrogens is 468 g/mol. The normalized spacial score (nSPS) is 17.3. The number of phenols is 2. The molecular formula is C25H22N4O5S. The van der Waals surface area contributed by atoms with E-state index in [1.807, 2.05) is 30.3 Å². The van der Waals surface area contributed by atoms with Crippen LogP contribution in [0.5, 0.6) is 11.5 Å². The minimum absolute atomic E-state index is 0.118. The summed E-state index contributed by atoms with van der Waals surface area (Å²) in [5.74, 6) is -1.05. The number of nitro groups is 1. The first-order chi connectivity index (χ1) is 16.8. The van der Waals surface area contributed by atoms with Crippen LogP contribution in [0, 0.1) is 16.0 Å². The summed E-state index contributed by atoms with van der Waals surface area (Å²) in [6.07, 6.45) is 0. The van der Waals surface area contributed by atoms with Crippen molar-refractivity contribution in [1.82, 2.24) is 0 Å². The molecule has 0 radical (unpaired) electrons. The smallest absolute Gasteiger partial charge is 0.271 e. The number of carbonyl (C=O) groups is 1. The van der Waals surface area contributed by atoms with E-state index in [-0.39, 0.29) is 22.9 Å². The number of hydrogen-bond donors (Lipinski definition) is 3. The number of amidine groups is 1. The van der Waals surface area contributed by atoms with Gasteiger partial charge in [-0.1, -0.05) is 48.2 Å². The SMILES string of the molecule is CC1=NC(SCc2ccccc2)=NC(c2ccc(O)cc2O)C1C(=O)Nc1cccc([N+](=O)[O-])c1. The maximum Gasteiger partial charge on any atom is 0.271 e. The van der Waals surface area contributed by atoms with E-state index in [4.69, 9.17) is 0 Å². The van der Waals surface area contributed by atoms with Gasteiger partial charge in [-0.25, -0.2) is 4.99 Å². The third-order valence-corrected chi connectivity index (χ3v) is 6.37. The van der Waals surface area contributed by atoms with E-state index in [9.17, 15) is 25.1 Å². The molecule has 0 aliphatic carbocycles. The Morgan fingerprint density at radius 1 is 1.09 bits per heavy atom. The average molecular weight is 491 g/mol. The molecule has 1 aliphatic heterocycles. The number of aliphatic imine (C=N–C) groups is 2. The number of nitro benzene ring substituents is 1. The van der Waals surface area contributed by atoms with Crippen LogP contribution in [0.15, 0.2) is 82.8 Å². The van der Waals surface area contributed by atoms with Crippen molar-refractivity contribution < 1.29 is 19.9 Å². The van der Waals surface area contributed by atoms with Crippen molar-refractivity contribution in [2.24, 2.45) is 15.9 Å². The monoisotopic (exact) mass is 490 g/mol. The highest BCUT2D eigenvalue weighted by Crippen LogP contribution is 2.39. The fourth-order valence-electron chi connectivity index (χ4n) is 3.74. The lowest BCUT2D eigenvalue weighted by molar-refractivity contribution is -0.384. The van der Waals surface area contributed by atoms with Gasteiger partial charge in [0.15, 0.2) is 5.17 Å². The topological polar surface area (TPSA) is 137 Å². The van der Waals surface area contributed by atoms with Crippen molar-refractivity contribution >= 4 is 39.9 Å². The lowest BCUT2D eigenvalue weighted by Gasteiger charge is -2.28. The van der Waals surface area contributed by atoms with Gasteiger partial charge >= 0.3 is 0 Å². The van der Waals surface area contributed by atoms with Crippen LogP contribution in [-0.2, 0) is 10.5 Å². The number of phenolic OH excluding ortho intramolecular Hbond substituents is 2. The summed E-state index contributed by atoms with van der Waals surface area (Å²) in [4.78, 5) is 33.1. The van der Waals surface area contributed by atoms with Crippen molar-refractivity contribution in [1.29, 1.82) is 0 Å². The van der Waals surface area contributed by atoms with E-state index in [1.54, 1.807) is 13.0 Å². The second-order valence-corrected chi connectivity index (χ2v) is 8.84. The molecule has 178 valence electrons. The first-order valence-electron chi connectivity index (χ1n) is 10.7. The number of aromatic hydroxyl groups is 2. The quantitative estimate of drug-likeness (QED) is 0.326. The van der Waals surface area contributed by atoms with Crippen molar-refractivity contribution in [3.8, 4) is 11.5 Å². The van der Waals surface area contributed by atoms with E-state index in [2.05, 4.69) is 15.3 Å². The molecule has 0 bridgehead atoms. The Morgan fingerprint density at radius 2 is 1.86 bits per heavy atom. The Morgan fingerprint density at radius 3 is 2.57 bits per heavy atom. The molecule has 0 fully saturated rings. The zero-order valence-electron chi connectivity index (χ0n) is 18.7. The molecule has 3 N–H and O–H groups in total. The first-order valence-corrected chi connectivity index (χ1v) is 11.7. The van der Waals surface area contributed by atoms with Gasteiger partial charge in [0.1, 0.15) is 17.4 Å². The number of amides is 1. The van der Waals surface area contributed by atoms with Crippen LogP contribution < -0.4 is 5.32 Å². The van der Waals surface area contributed by atoms with Gasteiger partial charge in [-0.3, -0.25) is 19.9 Å². The molecule has 0 saturated heterocycles. The molecule has 10 heteroatoms. The minimum Gasteiger partial charge on any atom is -0.508 e. The van der Waals surface area contributed by atoms with Crippen molar-refractivity contribution in [2.75, 3.05) is 5.32 Å². The van der Waals surface area contributed by atoms with Crippen molar-refractivity contribution in [2.45, 2.75) is 18.7 Å². The largest absolute Gasteiger partial charge is 0.508 e. The molecule has 9 nitrogen and oxygen atoms in total. The van der Waals surface area contributed by atoms with Crippen LogP contribution in [0.3, 0.4) is 0 Å². The number of nitrogens with one attached hydrogen (secondary N) is 1. The van der Waals surface area contributed by atoms with Crippen LogP contribution in [-0.4, -0.2) is 31.9 Å². The zero-order chi connectivity index (χ0) is 24.9. The van der Waals surface area contributed by atoms with Crippen molar-refractivity contribution in [3.05, 3.63) is 94.0 Å². The van der Waals surface area contributed by atoms with Gasteiger partial charge in [-0.05, 0) is 30.7 Å². The highest BCUT2D eigenvalue weighted by molar-refractivity contribution is 8.13. The van der Waals surface area contributed by atoms with Crippen LogP contribution in [0.2, 0.25) is 0 Å². The number of rotatable bonds is 6. The predicted octanol–water partition coefficient (Wildman–Crippen LogP) is 5.07. The van der Waals surface area contributed by atoms with E-state index >= 15 is 0 Å². The number of benzene rings is 3. The summed E-state index contributed by atoms with van der Waals surface area (Å²) in [5, 5.41) is 34.5. The van der Waals surface area contributed by atoms with Gasteiger partial charge in [0.25, 0.3) is 5.69 Å². The van der Waals surface area contributed by atoms with Gasteiger partial charge in [-0.15, -0.1) is 0 Å². The van der Waals surface area contributed by atoms with Gasteiger partial charge in [0.05, 0.1) is 11.0 Å². The molecule has 35 heavy (non-hydrogen) atoms. The van der Waals surface area contributed by atoms with Crippen LogP contribution in [0.1, 0.15) is 24.1 Å². The predicted molar refractivity (Wildman–Crippen MR) is 136 cm³/mol. The third kappa shape index (κ3) is 5.67. The summed E-state index contributed by atoms with van der Waals surface area (Å²) in [6.45, 7) is 1.71. The van der Waals surface area contributed by atoms with Gasteiger partial charge in [-0.2, -0.15) is 0 Å². The number of non-ortho nitro benzene ring substituents is 1. The maximum absolute atomic E-state index is 13.3. The molecule has 3 aromatic rings. The lowest BCUT2D eigenvalue weighted by Crippen LogP contribution is -2.35. The standard InChI is InChI=1S/C25H22N4O5S/c1-15-22(24(32)27-17-8-5-9-18(12-17)29(33)34)23(20-11-10-19(30)13-21(20)31)28-25(26-15)35-14-16-6-3-2-4-7-16/h2-13,22-23,30-31H,14H2,1H3,(H,27,32). The molecule has 1 aliphatic rings. The molecule has 0 aromatic heterocycles. The molecule has 1 heterocycles. The maximum atomic E-state index is 13.3. The van der Waals surface area contributed by atoms with Crippen LogP contribution in [0.4, 0.5) is 11.4 Å². The van der Waals surface area contributed by atoms with E-state index in [0.29, 0.717) is 22.2 Å². The summed E-state index contributed by atoms with van der Waals surface area (Å²) in [6, 6.07) is 18.8. The Bertz CT molecular complexity index is 1330. The van der Waals surface area contributed by atoms with E-state index in [0.717, 1.165) is 5.56 Å². The Balaban J connectivity index is 1.65. The Hall–Kier alpha value is -4.18. The summed E-state index contributed by atoms with van der Waals surface area (Å²) in [7, 11) is 0. The van der Waals surface area contributed by atoms with Crippen LogP contribution >= 0.6 is 11.8 Å². The second-order valence-electron chi connectivity index (χ2n) is 7.90. The molecule has 2 atom stereocenters. The summed E-state index contributed by atoms with van der Waals surface area (Å²) >= 11 is 1.41. The number of hydrogen-bond acceptors (Lipinski definition) is 8. The van der Waals surface area contributed by atoms with E-state index < -0.39 is 22.8 Å². The zero-order valence-corrected chi connectivity index (χ0v) is 19.5. The van der Waals surface area contributed by atoms with E-state index in [1.165, 1.54) is 48.2 Å².